The van der Waals surface area contributed by atoms with E-state index in [9.17, 15) is 4.79 Å². The predicted octanol–water partition coefficient (Wildman–Crippen LogP) is 4.40. The molecule has 0 saturated heterocycles. The highest BCUT2D eigenvalue weighted by Crippen LogP contribution is 2.17. The fraction of sp³-hybridized carbons (Fsp3) is 0.200. The second-order valence-electron chi connectivity index (χ2n) is 7.20. The van der Waals surface area contributed by atoms with Gasteiger partial charge < -0.3 is 14.6 Å². The second kappa shape index (κ2) is 9.27. The van der Waals surface area contributed by atoms with Crippen molar-refractivity contribution in [1.82, 2.24) is 14.9 Å². The van der Waals surface area contributed by atoms with E-state index < -0.39 is 0 Å². The van der Waals surface area contributed by atoms with Crippen molar-refractivity contribution in [3.63, 3.8) is 0 Å². The van der Waals surface area contributed by atoms with E-state index in [0.29, 0.717) is 31.7 Å². The summed E-state index contributed by atoms with van der Waals surface area (Å²) >= 11 is 0. The minimum atomic E-state index is -0.0686. The number of imidazole rings is 1. The highest BCUT2D eigenvalue weighted by molar-refractivity contribution is 5.94. The van der Waals surface area contributed by atoms with Gasteiger partial charge in [-0.3, -0.25) is 4.79 Å². The first-order chi connectivity index (χ1) is 14.7. The van der Waals surface area contributed by atoms with Crippen LogP contribution < -0.4 is 10.1 Å². The predicted molar refractivity (Wildman–Crippen MR) is 119 cm³/mol. The van der Waals surface area contributed by atoms with Crippen molar-refractivity contribution < 1.29 is 9.53 Å². The number of benzene rings is 3. The summed E-state index contributed by atoms with van der Waals surface area (Å²) < 4.78 is 8.10. The summed E-state index contributed by atoms with van der Waals surface area (Å²) in [6.07, 6.45) is 0.651. The Kier molecular flexibility index (Phi) is 6.09. The van der Waals surface area contributed by atoms with E-state index in [0.717, 1.165) is 22.6 Å². The average molecular weight is 399 g/mol. The summed E-state index contributed by atoms with van der Waals surface area (Å²) in [5, 5.41) is 2.98. The summed E-state index contributed by atoms with van der Waals surface area (Å²) in [4.78, 5) is 17.1. The first-order valence-electron chi connectivity index (χ1n) is 10.2. The third-order valence-corrected chi connectivity index (χ3v) is 5.01. The average Bonchev–Trinajstić information content (AvgIpc) is 3.13. The molecule has 4 aromatic rings. The number of hydrogen-bond donors (Lipinski definition) is 1. The van der Waals surface area contributed by atoms with Gasteiger partial charge in [-0.25, -0.2) is 4.98 Å². The first-order valence-corrected chi connectivity index (χ1v) is 10.2. The second-order valence-corrected chi connectivity index (χ2v) is 7.20. The molecule has 3 aromatic carbocycles. The molecule has 0 atom stereocenters. The minimum Gasteiger partial charge on any atom is -0.492 e. The van der Waals surface area contributed by atoms with Crippen LogP contribution in [0.1, 0.15) is 21.7 Å². The zero-order chi connectivity index (χ0) is 20.8. The Balaban J connectivity index is 1.42. The molecule has 5 heteroatoms. The van der Waals surface area contributed by atoms with Gasteiger partial charge in [0.25, 0.3) is 5.91 Å². The Labute approximate surface area is 176 Å². The van der Waals surface area contributed by atoms with Gasteiger partial charge in [0.05, 0.1) is 17.6 Å². The molecule has 1 heterocycles. The van der Waals surface area contributed by atoms with Crippen LogP contribution in [0.3, 0.4) is 0 Å². The molecule has 0 aliphatic rings. The van der Waals surface area contributed by atoms with Gasteiger partial charge in [0.15, 0.2) is 0 Å². The molecule has 0 spiro atoms. The molecule has 0 aliphatic carbocycles. The van der Waals surface area contributed by atoms with E-state index in [2.05, 4.69) is 22.9 Å². The Morgan fingerprint density at radius 3 is 2.50 bits per heavy atom. The first kappa shape index (κ1) is 19.7. The highest BCUT2D eigenvalue weighted by Gasteiger charge is 2.11. The maximum atomic E-state index is 12.3. The van der Waals surface area contributed by atoms with Gasteiger partial charge in [-0.15, -0.1) is 0 Å². The molecule has 4 rings (SSSR count). The number of rotatable bonds is 8. The lowest BCUT2D eigenvalue weighted by Crippen LogP contribution is -2.26. The molecule has 1 amide bonds. The molecule has 0 radical (unpaired) electrons. The molecule has 1 N–H and O–H groups in total. The van der Waals surface area contributed by atoms with Crippen molar-refractivity contribution in [2.24, 2.45) is 0 Å². The highest BCUT2D eigenvalue weighted by atomic mass is 16.5. The lowest BCUT2D eigenvalue weighted by molar-refractivity contribution is 0.0954. The number of fused-ring (bicyclic) bond motifs is 1. The molecule has 152 valence electrons. The van der Waals surface area contributed by atoms with Crippen molar-refractivity contribution in [2.45, 2.75) is 19.9 Å². The van der Waals surface area contributed by atoms with Crippen molar-refractivity contribution >= 4 is 16.9 Å². The molecule has 0 saturated carbocycles. The molecule has 0 aliphatic heterocycles. The number of para-hydroxylation sites is 2. The summed E-state index contributed by atoms with van der Waals surface area (Å²) in [5.74, 6) is 1.74. The van der Waals surface area contributed by atoms with Gasteiger partial charge in [0.2, 0.25) is 0 Å². The Bertz CT molecular complexity index is 1120. The van der Waals surface area contributed by atoms with E-state index in [4.69, 9.17) is 9.72 Å². The van der Waals surface area contributed by atoms with E-state index in [1.807, 2.05) is 72.8 Å². The van der Waals surface area contributed by atoms with Crippen molar-refractivity contribution in [1.29, 1.82) is 0 Å². The van der Waals surface area contributed by atoms with Crippen LogP contribution in [0.2, 0.25) is 0 Å². The number of carbonyl (C=O) groups is 1. The van der Waals surface area contributed by atoms with Crippen molar-refractivity contribution in [3.05, 3.63) is 95.8 Å². The van der Waals surface area contributed by atoms with Crippen LogP contribution in [-0.2, 0) is 13.0 Å². The standard InChI is InChI=1S/C25H25N3O2/c1-19-11-13-21(14-12-19)30-18-17-28-23-10-6-5-9-22(23)27-24(28)15-16-26-25(29)20-7-3-2-4-8-20/h2-14H,15-18H2,1H3,(H,26,29). The third-order valence-electron chi connectivity index (χ3n) is 5.01. The lowest BCUT2D eigenvalue weighted by atomic mass is 10.2. The van der Waals surface area contributed by atoms with E-state index in [-0.39, 0.29) is 5.91 Å². The molecule has 30 heavy (non-hydrogen) atoms. The Morgan fingerprint density at radius 2 is 1.70 bits per heavy atom. The van der Waals surface area contributed by atoms with Crippen LogP contribution in [0.25, 0.3) is 11.0 Å². The molecule has 5 nitrogen and oxygen atoms in total. The monoisotopic (exact) mass is 399 g/mol. The number of nitrogens with one attached hydrogen (secondary N) is 1. The van der Waals surface area contributed by atoms with E-state index in [1.165, 1.54) is 5.56 Å². The number of hydrogen-bond acceptors (Lipinski definition) is 3. The van der Waals surface area contributed by atoms with Crippen LogP contribution in [0.15, 0.2) is 78.9 Å². The summed E-state index contributed by atoms with van der Waals surface area (Å²) in [7, 11) is 0. The Morgan fingerprint density at radius 1 is 0.967 bits per heavy atom. The smallest absolute Gasteiger partial charge is 0.251 e. The fourth-order valence-electron chi connectivity index (χ4n) is 3.43. The molecule has 0 unspecified atom stereocenters. The largest absolute Gasteiger partial charge is 0.492 e. The van der Waals surface area contributed by atoms with Crippen molar-refractivity contribution in [2.75, 3.05) is 13.2 Å². The number of nitrogens with zero attached hydrogens (tertiary/aromatic N) is 2. The van der Waals surface area contributed by atoms with Crippen LogP contribution in [0.5, 0.6) is 5.75 Å². The topological polar surface area (TPSA) is 56.1 Å². The van der Waals surface area contributed by atoms with Gasteiger partial charge >= 0.3 is 0 Å². The lowest BCUT2D eigenvalue weighted by Gasteiger charge is -2.11. The maximum absolute atomic E-state index is 12.3. The number of amides is 1. The van der Waals surface area contributed by atoms with E-state index >= 15 is 0 Å². The molecule has 0 bridgehead atoms. The third kappa shape index (κ3) is 4.69. The van der Waals surface area contributed by atoms with Crippen molar-refractivity contribution in [3.8, 4) is 5.75 Å². The van der Waals surface area contributed by atoms with E-state index in [1.54, 1.807) is 0 Å². The summed E-state index contributed by atoms with van der Waals surface area (Å²) in [5.41, 5.74) is 3.91. The van der Waals surface area contributed by atoms with Gasteiger partial charge in [0.1, 0.15) is 18.2 Å². The minimum absolute atomic E-state index is 0.0686. The zero-order valence-corrected chi connectivity index (χ0v) is 17.0. The number of aromatic nitrogens is 2. The number of ether oxygens (including phenoxy) is 1. The maximum Gasteiger partial charge on any atom is 0.251 e. The van der Waals surface area contributed by atoms with Crippen LogP contribution in [-0.4, -0.2) is 28.6 Å². The van der Waals surface area contributed by atoms with Gasteiger partial charge in [-0.2, -0.15) is 0 Å². The van der Waals surface area contributed by atoms with Crippen LogP contribution >= 0.6 is 0 Å². The molecule has 0 fully saturated rings. The number of carbonyl (C=O) groups excluding carboxylic acids is 1. The molecular formula is C25H25N3O2. The fourth-order valence-corrected chi connectivity index (χ4v) is 3.43. The van der Waals surface area contributed by atoms with Gasteiger partial charge in [-0.1, -0.05) is 48.0 Å². The quantitative estimate of drug-likeness (QED) is 0.478. The summed E-state index contributed by atoms with van der Waals surface area (Å²) in [6, 6.07) is 25.4. The van der Waals surface area contributed by atoms with Gasteiger partial charge in [0, 0.05) is 18.5 Å². The molecular weight excluding hydrogens is 374 g/mol. The number of aryl methyl sites for hydroxylation is 1. The Hall–Kier alpha value is -3.60. The summed E-state index contributed by atoms with van der Waals surface area (Å²) in [6.45, 7) is 3.82. The van der Waals surface area contributed by atoms with Gasteiger partial charge in [-0.05, 0) is 43.3 Å². The van der Waals surface area contributed by atoms with Crippen LogP contribution in [0.4, 0.5) is 0 Å². The SMILES string of the molecule is Cc1ccc(OCCn2c(CCNC(=O)c3ccccc3)nc3ccccc32)cc1. The molecule has 1 aromatic heterocycles. The van der Waals surface area contributed by atoms with Crippen LogP contribution in [0, 0.1) is 6.92 Å². The normalized spacial score (nSPS) is 10.8. The zero-order valence-electron chi connectivity index (χ0n) is 17.0.